The summed E-state index contributed by atoms with van der Waals surface area (Å²) in [5.41, 5.74) is -0.0629. The van der Waals surface area contributed by atoms with E-state index in [2.05, 4.69) is 0 Å². The number of hydrogen-bond donors (Lipinski definition) is 2. The lowest BCUT2D eigenvalue weighted by molar-refractivity contribution is 0.0696. The van der Waals surface area contributed by atoms with E-state index in [-0.39, 0.29) is 27.8 Å². The van der Waals surface area contributed by atoms with Gasteiger partial charge in [-0.1, -0.05) is 12.1 Å². The second-order valence-corrected chi connectivity index (χ2v) is 4.40. The topological polar surface area (TPSA) is 74.6 Å². The summed E-state index contributed by atoms with van der Waals surface area (Å²) in [5.74, 6) is -4.75. The maximum atomic E-state index is 13.3. The van der Waals surface area contributed by atoms with Gasteiger partial charge in [-0.15, -0.1) is 0 Å². The second-order valence-electron chi connectivity index (χ2n) is 4.40. The fraction of sp³-hybridized carbons (Fsp3) is 0.0667. The fourth-order valence-corrected chi connectivity index (χ4v) is 2.12. The molecule has 4 nitrogen and oxygen atoms in total. The van der Waals surface area contributed by atoms with Gasteiger partial charge in [0.05, 0.1) is 11.1 Å². The second kappa shape index (κ2) is 5.32. The lowest BCUT2D eigenvalue weighted by Crippen LogP contribution is -2.09. The SMILES string of the molecule is Cc1c(C(=O)O)ccc(-c2ccc(F)c(F)c2)c1C(=O)O. The third-order valence-corrected chi connectivity index (χ3v) is 3.14. The van der Waals surface area contributed by atoms with Crippen LogP contribution in [0.15, 0.2) is 30.3 Å². The van der Waals surface area contributed by atoms with E-state index in [1.165, 1.54) is 25.1 Å². The highest BCUT2D eigenvalue weighted by Gasteiger charge is 2.20. The predicted octanol–water partition coefficient (Wildman–Crippen LogP) is 3.34. The minimum atomic E-state index is -1.34. The van der Waals surface area contributed by atoms with Crippen LogP contribution in [-0.4, -0.2) is 22.2 Å². The molecule has 0 spiro atoms. The molecule has 2 N–H and O–H groups in total. The van der Waals surface area contributed by atoms with Crippen molar-refractivity contribution in [1.82, 2.24) is 0 Å². The van der Waals surface area contributed by atoms with Crippen LogP contribution >= 0.6 is 0 Å². The molecule has 0 aliphatic heterocycles. The van der Waals surface area contributed by atoms with Crippen LogP contribution in [0.2, 0.25) is 0 Å². The minimum absolute atomic E-state index is 0.0530. The number of carboxylic acid groups (broad SMARTS) is 2. The third-order valence-electron chi connectivity index (χ3n) is 3.14. The maximum absolute atomic E-state index is 13.3. The fourth-order valence-electron chi connectivity index (χ4n) is 2.12. The Kier molecular flexibility index (Phi) is 3.71. The van der Waals surface area contributed by atoms with Crippen LogP contribution in [-0.2, 0) is 0 Å². The largest absolute Gasteiger partial charge is 0.478 e. The van der Waals surface area contributed by atoms with E-state index in [1.54, 1.807) is 0 Å². The molecule has 21 heavy (non-hydrogen) atoms. The van der Waals surface area contributed by atoms with E-state index in [0.29, 0.717) is 0 Å². The van der Waals surface area contributed by atoms with Crippen molar-refractivity contribution in [2.45, 2.75) is 6.92 Å². The van der Waals surface area contributed by atoms with Crippen LogP contribution in [0, 0.1) is 18.6 Å². The minimum Gasteiger partial charge on any atom is -0.478 e. The van der Waals surface area contributed by atoms with E-state index in [9.17, 15) is 23.5 Å². The normalized spacial score (nSPS) is 10.4. The number of rotatable bonds is 3. The summed E-state index contributed by atoms with van der Waals surface area (Å²) in [6.45, 7) is 1.36. The average molecular weight is 292 g/mol. The molecule has 2 aromatic carbocycles. The molecule has 0 saturated carbocycles. The first-order valence-corrected chi connectivity index (χ1v) is 5.88. The van der Waals surface area contributed by atoms with Crippen LogP contribution in [0.1, 0.15) is 26.3 Å². The number of carboxylic acids is 2. The number of carbonyl (C=O) groups is 2. The Bertz CT molecular complexity index is 754. The van der Waals surface area contributed by atoms with Crippen LogP contribution in [0.3, 0.4) is 0 Å². The first kappa shape index (κ1) is 14.6. The zero-order valence-corrected chi connectivity index (χ0v) is 10.9. The van der Waals surface area contributed by atoms with Gasteiger partial charge in [0.1, 0.15) is 0 Å². The molecule has 0 aliphatic rings. The van der Waals surface area contributed by atoms with E-state index in [4.69, 9.17) is 5.11 Å². The summed E-state index contributed by atoms with van der Waals surface area (Å²) in [5, 5.41) is 18.3. The van der Waals surface area contributed by atoms with Crippen molar-refractivity contribution in [2.24, 2.45) is 0 Å². The van der Waals surface area contributed by atoms with Gasteiger partial charge in [-0.2, -0.15) is 0 Å². The van der Waals surface area contributed by atoms with Crippen LogP contribution in [0.5, 0.6) is 0 Å². The Morgan fingerprint density at radius 1 is 0.952 bits per heavy atom. The molecule has 0 heterocycles. The van der Waals surface area contributed by atoms with Crippen molar-refractivity contribution >= 4 is 11.9 Å². The van der Waals surface area contributed by atoms with Crippen LogP contribution in [0.4, 0.5) is 8.78 Å². The van der Waals surface area contributed by atoms with Gasteiger partial charge in [0.25, 0.3) is 0 Å². The zero-order chi connectivity index (χ0) is 15.7. The molecule has 0 saturated heterocycles. The highest BCUT2D eigenvalue weighted by Crippen LogP contribution is 2.29. The van der Waals surface area contributed by atoms with Crippen molar-refractivity contribution in [1.29, 1.82) is 0 Å². The molecule has 0 unspecified atom stereocenters. The average Bonchev–Trinajstić information content (AvgIpc) is 2.40. The quantitative estimate of drug-likeness (QED) is 0.909. The van der Waals surface area contributed by atoms with E-state index < -0.39 is 23.6 Å². The maximum Gasteiger partial charge on any atom is 0.336 e. The molecule has 0 bridgehead atoms. The smallest absolute Gasteiger partial charge is 0.336 e. The standard InChI is InChI=1S/C15H10F2O4/c1-7-9(14(18)19)3-4-10(13(7)15(20)21)8-2-5-11(16)12(17)6-8/h2-6H,1H3,(H,18,19)(H,20,21). The van der Waals surface area contributed by atoms with Crippen molar-refractivity contribution in [2.75, 3.05) is 0 Å². The summed E-state index contributed by atoms with van der Waals surface area (Å²) in [4.78, 5) is 22.4. The van der Waals surface area contributed by atoms with Gasteiger partial charge in [-0.25, -0.2) is 18.4 Å². The Labute approximate surface area is 118 Å². The molecule has 0 radical (unpaired) electrons. The monoisotopic (exact) mass is 292 g/mol. The van der Waals surface area contributed by atoms with Crippen molar-refractivity contribution in [3.8, 4) is 11.1 Å². The first-order chi connectivity index (χ1) is 9.82. The van der Waals surface area contributed by atoms with Gasteiger partial charge >= 0.3 is 11.9 Å². The number of benzene rings is 2. The molecule has 2 rings (SSSR count). The summed E-state index contributed by atoms with van der Waals surface area (Å²) >= 11 is 0. The Hall–Kier alpha value is -2.76. The number of hydrogen-bond acceptors (Lipinski definition) is 2. The van der Waals surface area contributed by atoms with Crippen LogP contribution in [0.25, 0.3) is 11.1 Å². The van der Waals surface area contributed by atoms with E-state index in [1.807, 2.05) is 0 Å². The van der Waals surface area contributed by atoms with Gasteiger partial charge in [-0.3, -0.25) is 0 Å². The molecule has 0 amide bonds. The van der Waals surface area contributed by atoms with Gasteiger partial charge < -0.3 is 10.2 Å². The summed E-state index contributed by atoms with van der Waals surface area (Å²) in [6, 6.07) is 5.50. The first-order valence-electron chi connectivity index (χ1n) is 5.88. The molecule has 108 valence electrons. The van der Waals surface area contributed by atoms with Gasteiger partial charge in [0, 0.05) is 0 Å². The summed E-state index contributed by atoms with van der Waals surface area (Å²) in [6.07, 6.45) is 0. The molecular weight excluding hydrogens is 282 g/mol. The summed E-state index contributed by atoms with van der Waals surface area (Å²) in [7, 11) is 0. The molecule has 0 fully saturated rings. The highest BCUT2D eigenvalue weighted by molar-refractivity contribution is 6.02. The zero-order valence-electron chi connectivity index (χ0n) is 10.9. The highest BCUT2D eigenvalue weighted by atomic mass is 19.2. The Morgan fingerprint density at radius 2 is 1.62 bits per heavy atom. The van der Waals surface area contributed by atoms with E-state index >= 15 is 0 Å². The Balaban J connectivity index is 2.74. The molecular formula is C15H10F2O4. The molecule has 0 aromatic heterocycles. The lowest BCUT2D eigenvalue weighted by Gasteiger charge is -2.12. The van der Waals surface area contributed by atoms with Gasteiger partial charge in [-0.05, 0) is 41.8 Å². The van der Waals surface area contributed by atoms with Crippen LogP contribution < -0.4 is 0 Å². The third kappa shape index (κ3) is 2.60. The predicted molar refractivity (Wildman–Crippen MR) is 70.4 cm³/mol. The van der Waals surface area contributed by atoms with Crippen molar-refractivity contribution in [3.05, 3.63) is 58.7 Å². The van der Waals surface area contributed by atoms with Crippen molar-refractivity contribution < 1.29 is 28.6 Å². The van der Waals surface area contributed by atoms with Gasteiger partial charge in [0.2, 0.25) is 0 Å². The van der Waals surface area contributed by atoms with E-state index in [0.717, 1.165) is 12.1 Å². The number of aromatic carboxylic acids is 2. The Morgan fingerprint density at radius 3 is 2.14 bits per heavy atom. The summed E-state index contributed by atoms with van der Waals surface area (Å²) < 4.78 is 26.2. The van der Waals surface area contributed by atoms with Crippen molar-refractivity contribution in [3.63, 3.8) is 0 Å². The molecule has 0 atom stereocenters. The van der Waals surface area contributed by atoms with Gasteiger partial charge in [0.15, 0.2) is 11.6 Å². The molecule has 6 heteroatoms. The molecule has 2 aromatic rings. The molecule has 0 aliphatic carbocycles. The lowest BCUT2D eigenvalue weighted by atomic mass is 9.92. The number of halogens is 2.